The Balaban J connectivity index is 0.000000256. The summed E-state index contributed by atoms with van der Waals surface area (Å²) in [4.78, 5) is 0. The second-order valence-corrected chi connectivity index (χ2v) is 4.44. The first-order valence-electron chi connectivity index (χ1n) is 6.21. The first-order valence-corrected chi connectivity index (χ1v) is 6.21. The Morgan fingerprint density at radius 3 is 2.32 bits per heavy atom. The Morgan fingerprint density at radius 2 is 1.89 bits per heavy atom. The van der Waals surface area contributed by atoms with Crippen LogP contribution in [0.5, 0.6) is 0 Å². The van der Waals surface area contributed by atoms with Gasteiger partial charge in [0, 0.05) is 5.41 Å². The third kappa shape index (κ3) is 4.07. The van der Waals surface area contributed by atoms with Crippen LogP contribution in [0.3, 0.4) is 0 Å². The first kappa shape index (κ1) is 15.7. The minimum atomic E-state index is -0.168. The van der Waals surface area contributed by atoms with Crippen molar-refractivity contribution in [3.05, 3.63) is 84.5 Å². The standard InChI is InChI=1S/C12H13O.C5H5.Fe/c13-10-12(8-4-1-5-9-12)11-6-2-3-7-11;1-2-4-5-3-1;/h1-8,13H,9-10H2;1-5H;/q2*-1;+2/t12-;;/m0../s1. The maximum Gasteiger partial charge on any atom is 2.00 e. The van der Waals surface area contributed by atoms with Gasteiger partial charge in [0.15, 0.2) is 0 Å². The van der Waals surface area contributed by atoms with Crippen molar-refractivity contribution in [3.8, 4) is 0 Å². The van der Waals surface area contributed by atoms with E-state index in [0.29, 0.717) is 0 Å². The summed E-state index contributed by atoms with van der Waals surface area (Å²) in [6.07, 6.45) is 9.11. The monoisotopic (exact) mass is 294 g/mol. The third-order valence-electron chi connectivity index (χ3n) is 3.22. The van der Waals surface area contributed by atoms with E-state index in [1.807, 2.05) is 54.6 Å². The van der Waals surface area contributed by atoms with Crippen LogP contribution in [0.2, 0.25) is 0 Å². The van der Waals surface area contributed by atoms with Gasteiger partial charge in [-0.15, -0.1) is 0 Å². The largest absolute Gasteiger partial charge is 2.00 e. The molecule has 0 heterocycles. The molecule has 0 fully saturated rings. The van der Waals surface area contributed by atoms with Crippen LogP contribution in [0, 0.1) is 0 Å². The molecule has 0 aromatic heterocycles. The fourth-order valence-electron chi connectivity index (χ4n) is 2.11. The summed E-state index contributed by atoms with van der Waals surface area (Å²) in [6, 6.07) is 18.2. The van der Waals surface area contributed by atoms with Crippen molar-refractivity contribution < 1.29 is 22.2 Å². The molecule has 1 aliphatic carbocycles. The quantitative estimate of drug-likeness (QED) is 0.663. The van der Waals surface area contributed by atoms with Crippen LogP contribution in [0.4, 0.5) is 0 Å². The van der Waals surface area contributed by atoms with E-state index in [0.717, 1.165) is 6.42 Å². The Kier molecular flexibility index (Phi) is 6.58. The molecule has 0 radical (unpaired) electrons. The van der Waals surface area contributed by atoms with E-state index in [-0.39, 0.29) is 29.1 Å². The molecule has 2 heteroatoms. The van der Waals surface area contributed by atoms with Gasteiger partial charge in [-0.3, -0.25) is 0 Å². The molecule has 0 aliphatic heterocycles. The van der Waals surface area contributed by atoms with Crippen LogP contribution in [0.25, 0.3) is 0 Å². The van der Waals surface area contributed by atoms with Crippen molar-refractivity contribution >= 4 is 0 Å². The Hall–Kier alpha value is -1.34. The van der Waals surface area contributed by atoms with E-state index >= 15 is 0 Å². The molecule has 0 bridgehead atoms. The molecular formula is C17H18FeO. The Bertz CT molecular complexity index is 462. The number of hydrogen-bond acceptors (Lipinski definition) is 1. The van der Waals surface area contributed by atoms with Gasteiger partial charge in [0.1, 0.15) is 0 Å². The van der Waals surface area contributed by atoms with E-state index in [1.54, 1.807) is 0 Å². The van der Waals surface area contributed by atoms with Crippen molar-refractivity contribution in [3.63, 3.8) is 0 Å². The van der Waals surface area contributed by atoms with E-state index in [2.05, 4.69) is 24.3 Å². The zero-order chi connectivity index (χ0) is 12.7. The maximum atomic E-state index is 9.43. The summed E-state index contributed by atoms with van der Waals surface area (Å²) in [5, 5.41) is 9.43. The fourth-order valence-corrected chi connectivity index (χ4v) is 2.11. The van der Waals surface area contributed by atoms with Crippen molar-refractivity contribution in [2.45, 2.75) is 11.8 Å². The fraction of sp³-hybridized carbons (Fsp3) is 0.176. The molecule has 100 valence electrons. The van der Waals surface area contributed by atoms with E-state index in [4.69, 9.17) is 0 Å². The average molecular weight is 294 g/mol. The molecule has 0 amide bonds. The average Bonchev–Trinajstić information content (AvgIpc) is 3.15. The van der Waals surface area contributed by atoms with Crippen LogP contribution in [-0.2, 0) is 22.5 Å². The van der Waals surface area contributed by atoms with Gasteiger partial charge in [-0.05, 0) is 6.42 Å². The molecule has 1 atom stereocenters. The minimum absolute atomic E-state index is 0. The molecule has 2 aromatic carbocycles. The summed E-state index contributed by atoms with van der Waals surface area (Å²) in [6.45, 7) is 0.178. The van der Waals surface area contributed by atoms with Crippen LogP contribution >= 0.6 is 0 Å². The van der Waals surface area contributed by atoms with Gasteiger partial charge in [-0.2, -0.15) is 35.9 Å². The first-order chi connectivity index (χ1) is 8.87. The third-order valence-corrected chi connectivity index (χ3v) is 3.22. The number of aliphatic hydroxyl groups excluding tert-OH is 1. The maximum absolute atomic E-state index is 9.43. The van der Waals surface area contributed by atoms with Crippen molar-refractivity contribution in [1.82, 2.24) is 0 Å². The van der Waals surface area contributed by atoms with Crippen LogP contribution in [0.15, 0.2) is 78.9 Å². The Morgan fingerprint density at radius 1 is 1.11 bits per heavy atom. The Labute approximate surface area is 125 Å². The van der Waals surface area contributed by atoms with Gasteiger partial charge < -0.3 is 5.11 Å². The molecule has 3 rings (SSSR count). The van der Waals surface area contributed by atoms with E-state index in [9.17, 15) is 5.11 Å². The number of hydrogen-bond donors (Lipinski definition) is 1. The van der Waals surface area contributed by atoms with E-state index < -0.39 is 0 Å². The summed E-state index contributed by atoms with van der Waals surface area (Å²) >= 11 is 0. The predicted octanol–water partition coefficient (Wildman–Crippen LogP) is 3.55. The molecule has 1 aliphatic rings. The molecule has 0 spiro atoms. The minimum Gasteiger partial charge on any atom is -0.395 e. The SMILES string of the molecule is OC[C@]1(c2ccc[cH-]2)C=CC=CC1.[Fe+2].c1cc[cH-]c1. The molecule has 19 heavy (non-hydrogen) atoms. The van der Waals surface area contributed by atoms with Crippen LogP contribution in [0.1, 0.15) is 12.0 Å². The molecule has 0 unspecified atom stereocenters. The second kappa shape index (κ2) is 7.96. The van der Waals surface area contributed by atoms with Gasteiger partial charge in [0.05, 0.1) is 6.61 Å². The second-order valence-electron chi connectivity index (χ2n) is 4.44. The smallest absolute Gasteiger partial charge is 0.395 e. The van der Waals surface area contributed by atoms with Gasteiger partial charge >= 0.3 is 17.1 Å². The predicted molar refractivity (Wildman–Crippen MR) is 75.7 cm³/mol. The van der Waals surface area contributed by atoms with Gasteiger partial charge in [-0.1, -0.05) is 24.3 Å². The number of allylic oxidation sites excluding steroid dienone is 3. The van der Waals surface area contributed by atoms with Crippen molar-refractivity contribution in [1.29, 1.82) is 0 Å². The van der Waals surface area contributed by atoms with Crippen molar-refractivity contribution in [2.75, 3.05) is 6.61 Å². The van der Waals surface area contributed by atoms with E-state index in [1.165, 1.54) is 5.56 Å². The molecular weight excluding hydrogens is 276 g/mol. The van der Waals surface area contributed by atoms with Crippen LogP contribution in [-0.4, -0.2) is 11.7 Å². The van der Waals surface area contributed by atoms with Gasteiger partial charge in [0.25, 0.3) is 0 Å². The molecule has 1 N–H and O–H groups in total. The number of aliphatic hydroxyl groups is 1. The van der Waals surface area contributed by atoms with Crippen molar-refractivity contribution in [2.24, 2.45) is 0 Å². The topological polar surface area (TPSA) is 20.2 Å². The summed E-state index contributed by atoms with van der Waals surface area (Å²) in [5.74, 6) is 0. The molecule has 0 saturated heterocycles. The molecule has 2 aromatic rings. The zero-order valence-corrected chi connectivity index (χ0v) is 11.8. The molecule has 1 nitrogen and oxygen atoms in total. The number of rotatable bonds is 2. The summed E-state index contributed by atoms with van der Waals surface area (Å²) in [7, 11) is 0. The zero-order valence-electron chi connectivity index (χ0n) is 10.7. The van der Waals surface area contributed by atoms with Crippen LogP contribution < -0.4 is 0 Å². The normalized spacial score (nSPS) is 20.3. The van der Waals surface area contributed by atoms with Gasteiger partial charge in [0.2, 0.25) is 0 Å². The summed E-state index contributed by atoms with van der Waals surface area (Å²) < 4.78 is 0. The van der Waals surface area contributed by atoms with Gasteiger partial charge in [-0.25, -0.2) is 24.3 Å². The molecule has 0 saturated carbocycles. The summed E-state index contributed by atoms with van der Waals surface area (Å²) in [5.41, 5.74) is 1.04.